The van der Waals surface area contributed by atoms with Gasteiger partial charge in [0.15, 0.2) is 6.61 Å². The number of nitrogens with two attached hydrogens (primary N) is 1. The fraction of sp³-hybridized carbons (Fsp3) is 0.529. The van der Waals surface area contributed by atoms with Crippen LogP contribution in [0.4, 0.5) is 5.69 Å². The first kappa shape index (κ1) is 15.8. The number of rotatable bonds is 4. The molecule has 3 rings (SSSR count). The van der Waals surface area contributed by atoms with Crippen LogP contribution in [0.15, 0.2) is 18.2 Å². The third-order valence-corrected chi connectivity index (χ3v) is 4.79. The summed E-state index contributed by atoms with van der Waals surface area (Å²) >= 11 is 0. The number of hydrogen-bond acceptors (Lipinski definition) is 4. The lowest BCUT2D eigenvalue weighted by Gasteiger charge is -2.23. The molecule has 1 unspecified atom stereocenters. The van der Waals surface area contributed by atoms with Gasteiger partial charge in [-0.1, -0.05) is 12.5 Å². The van der Waals surface area contributed by atoms with E-state index in [2.05, 4.69) is 10.6 Å². The van der Waals surface area contributed by atoms with E-state index in [0.717, 1.165) is 24.8 Å². The summed E-state index contributed by atoms with van der Waals surface area (Å²) in [5.41, 5.74) is 7.35. The predicted molar refractivity (Wildman–Crippen MR) is 87.0 cm³/mol. The quantitative estimate of drug-likeness (QED) is 0.786. The zero-order valence-corrected chi connectivity index (χ0v) is 13.3. The molecule has 1 aromatic rings. The molecule has 23 heavy (non-hydrogen) atoms. The molecule has 2 aliphatic rings. The lowest BCUT2D eigenvalue weighted by Crippen LogP contribution is -2.36. The summed E-state index contributed by atoms with van der Waals surface area (Å²) in [6.45, 7) is 2.55. The molecule has 0 aromatic heterocycles. The van der Waals surface area contributed by atoms with Gasteiger partial charge in [0.05, 0.1) is 11.7 Å². The van der Waals surface area contributed by atoms with Gasteiger partial charge >= 0.3 is 0 Å². The average Bonchev–Trinajstić information content (AvgIpc) is 3.02. The van der Waals surface area contributed by atoms with Crippen LogP contribution in [0.5, 0.6) is 5.75 Å². The van der Waals surface area contributed by atoms with Gasteiger partial charge in [0.1, 0.15) is 5.75 Å². The van der Waals surface area contributed by atoms with Crippen molar-refractivity contribution < 1.29 is 14.3 Å². The Hall–Kier alpha value is -2.08. The van der Waals surface area contributed by atoms with Crippen LogP contribution in [0.1, 0.15) is 37.8 Å². The highest BCUT2D eigenvalue weighted by molar-refractivity contribution is 5.95. The van der Waals surface area contributed by atoms with E-state index in [1.165, 1.54) is 0 Å². The van der Waals surface area contributed by atoms with Crippen LogP contribution in [0.2, 0.25) is 0 Å². The lowest BCUT2D eigenvalue weighted by atomic mass is 9.94. The number of nitrogens with one attached hydrogen (secondary N) is 2. The molecule has 0 bridgehead atoms. The summed E-state index contributed by atoms with van der Waals surface area (Å²) < 4.78 is 5.35. The topological polar surface area (TPSA) is 93.5 Å². The van der Waals surface area contributed by atoms with Crippen molar-refractivity contribution in [1.29, 1.82) is 0 Å². The van der Waals surface area contributed by atoms with Gasteiger partial charge in [-0.15, -0.1) is 0 Å². The molecule has 1 aliphatic carbocycles. The van der Waals surface area contributed by atoms with Crippen molar-refractivity contribution in [2.75, 3.05) is 18.5 Å². The number of anilines is 1. The average molecular weight is 317 g/mol. The summed E-state index contributed by atoms with van der Waals surface area (Å²) in [4.78, 5) is 23.9. The molecule has 2 amide bonds. The van der Waals surface area contributed by atoms with E-state index in [9.17, 15) is 9.59 Å². The first-order valence-corrected chi connectivity index (χ1v) is 8.15. The molecule has 4 N–H and O–H groups in total. The number of hydrogen-bond donors (Lipinski definition) is 3. The van der Waals surface area contributed by atoms with Gasteiger partial charge in [-0.25, -0.2) is 0 Å². The van der Waals surface area contributed by atoms with Crippen LogP contribution in [-0.2, 0) is 9.59 Å². The second-order valence-corrected chi connectivity index (χ2v) is 6.36. The smallest absolute Gasteiger partial charge is 0.262 e. The predicted octanol–water partition coefficient (Wildman–Crippen LogP) is 1.57. The number of benzene rings is 1. The minimum absolute atomic E-state index is 0.0168. The van der Waals surface area contributed by atoms with E-state index in [-0.39, 0.29) is 30.4 Å². The second-order valence-electron chi connectivity index (χ2n) is 6.36. The van der Waals surface area contributed by atoms with Crippen molar-refractivity contribution >= 4 is 17.5 Å². The van der Waals surface area contributed by atoms with Crippen molar-refractivity contribution in [3.8, 4) is 5.75 Å². The first-order valence-electron chi connectivity index (χ1n) is 8.15. The molecule has 1 aliphatic heterocycles. The maximum atomic E-state index is 12.5. The van der Waals surface area contributed by atoms with Gasteiger partial charge < -0.3 is 21.1 Å². The Morgan fingerprint density at radius 1 is 1.48 bits per heavy atom. The van der Waals surface area contributed by atoms with Gasteiger partial charge in [-0.05, 0) is 49.9 Å². The number of amides is 2. The maximum absolute atomic E-state index is 12.5. The largest absolute Gasteiger partial charge is 0.482 e. The molecule has 1 saturated carbocycles. The summed E-state index contributed by atoms with van der Waals surface area (Å²) in [6.07, 6.45) is 3.01. The van der Waals surface area contributed by atoms with Gasteiger partial charge in [-0.2, -0.15) is 0 Å². The molecule has 0 saturated heterocycles. The molecule has 1 heterocycles. The fourth-order valence-corrected chi connectivity index (χ4v) is 3.44. The monoisotopic (exact) mass is 317 g/mol. The summed E-state index contributed by atoms with van der Waals surface area (Å²) in [5.74, 6) is 0.874. The standard InChI is InChI=1S/C17H23N3O3/c1-10(19-17(22)13-4-2-3-12(13)8-18)11-5-6-15-14(7-11)20-16(21)9-23-15/h5-7,10,12-13H,2-4,8-9,18H2,1H3,(H,19,22)(H,20,21)/t10?,12-,13-/m1/s1. The highest BCUT2D eigenvalue weighted by Crippen LogP contribution is 2.33. The van der Waals surface area contributed by atoms with E-state index in [1.54, 1.807) is 0 Å². The van der Waals surface area contributed by atoms with Crippen LogP contribution < -0.4 is 21.1 Å². The van der Waals surface area contributed by atoms with Gasteiger partial charge in [0.25, 0.3) is 5.91 Å². The number of carbonyl (C=O) groups is 2. The molecular weight excluding hydrogens is 294 g/mol. The fourth-order valence-electron chi connectivity index (χ4n) is 3.44. The third-order valence-electron chi connectivity index (χ3n) is 4.79. The van der Waals surface area contributed by atoms with Crippen LogP contribution in [-0.4, -0.2) is 25.0 Å². The number of ether oxygens (including phenoxy) is 1. The molecule has 6 nitrogen and oxygen atoms in total. The van der Waals surface area contributed by atoms with E-state index in [4.69, 9.17) is 10.5 Å². The molecule has 124 valence electrons. The Labute approximate surface area is 135 Å². The number of carbonyl (C=O) groups excluding carboxylic acids is 2. The second kappa shape index (κ2) is 6.58. The molecular formula is C17H23N3O3. The Bertz CT molecular complexity index is 617. The Morgan fingerprint density at radius 2 is 2.30 bits per heavy atom. The summed E-state index contributed by atoms with van der Waals surface area (Å²) in [5, 5.41) is 5.86. The summed E-state index contributed by atoms with van der Waals surface area (Å²) in [6, 6.07) is 5.46. The minimum atomic E-state index is -0.164. The zero-order chi connectivity index (χ0) is 16.4. The molecule has 1 fully saturated rings. The molecule has 0 radical (unpaired) electrons. The van der Waals surface area contributed by atoms with Gasteiger partial charge in [0.2, 0.25) is 5.91 Å². The molecule has 6 heteroatoms. The Balaban J connectivity index is 1.68. The van der Waals surface area contributed by atoms with Crippen LogP contribution >= 0.6 is 0 Å². The van der Waals surface area contributed by atoms with Crippen LogP contribution in [0.3, 0.4) is 0 Å². The van der Waals surface area contributed by atoms with Gasteiger partial charge in [-0.3, -0.25) is 9.59 Å². The normalized spacial score (nSPS) is 24.3. The van der Waals surface area contributed by atoms with Crippen molar-refractivity contribution in [2.24, 2.45) is 17.6 Å². The van der Waals surface area contributed by atoms with Crippen molar-refractivity contribution in [3.63, 3.8) is 0 Å². The van der Waals surface area contributed by atoms with E-state index in [0.29, 0.717) is 23.9 Å². The first-order chi connectivity index (χ1) is 11.1. The maximum Gasteiger partial charge on any atom is 0.262 e. The van der Waals surface area contributed by atoms with Crippen molar-refractivity contribution in [2.45, 2.75) is 32.2 Å². The van der Waals surface area contributed by atoms with Crippen LogP contribution in [0, 0.1) is 11.8 Å². The van der Waals surface area contributed by atoms with Crippen molar-refractivity contribution in [1.82, 2.24) is 5.32 Å². The SMILES string of the molecule is CC(NC(=O)[C@@H]1CCC[C@@H]1CN)c1ccc2c(c1)NC(=O)CO2. The van der Waals surface area contributed by atoms with E-state index in [1.807, 2.05) is 25.1 Å². The Morgan fingerprint density at radius 3 is 3.09 bits per heavy atom. The van der Waals surface area contributed by atoms with Crippen LogP contribution in [0.25, 0.3) is 0 Å². The molecule has 3 atom stereocenters. The molecule has 0 spiro atoms. The molecule has 1 aromatic carbocycles. The zero-order valence-electron chi connectivity index (χ0n) is 13.3. The summed E-state index contributed by atoms with van der Waals surface area (Å²) in [7, 11) is 0. The lowest BCUT2D eigenvalue weighted by molar-refractivity contribution is -0.126. The minimum Gasteiger partial charge on any atom is -0.482 e. The Kier molecular flexibility index (Phi) is 4.52. The van der Waals surface area contributed by atoms with E-state index < -0.39 is 0 Å². The number of fused-ring (bicyclic) bond motifs is 1. The van der Waals surface area contributed by atoms with Crippen molar-refractivity contribution in [3.05, 3.63) is 23.8 Å². The van der Waals surface area contributed by atoms with Gasteiger partial charge in [0, 0.05) is 5.92 Å². The highest BCUT2D eigenvalue weighted by Gasteiger charge is 2.32. The van der Waals surface area contributed by atoms with E-state index >= 15 is 0 Å². The highest BCUT2D eigenvalue weighted by atomic mass is 16.5. The third kappa shape index (κ3) is 3.32.